The van der Waals surface area contributed by atoms with E-state index in [2.05, 4.69) is 15.9 Å². The van der Waals surface area contributed by atoms with Gasteiger partial charge < -0.3 is 4.90 Å². The van der Waals surface area contributed by atoms with E-state index >= 15 is 0 Å². The lowest BCUT2D eigenvalue weighted by Gasteiger charge is -2.19. The Kier molecular flexibility index (Phi) is 4.19. The Morgan fingerprint density at radius 1 is 1.38 bits per heavy atom. The molecule has 2 aromatic rings. The fourth-order valence-electron chi connectivity index (χ4n) is 1.86. The third kappa shape index (κ3) is 3.01. The molecule has 0 unspecified atom stereocenters. The molecule has 5 nitrogen and oxygen atoms in total. The lowest BCUT2D eigenvalue weighted by Crippen LogP contribution is -2.12. The molecule has 0 saturated carbocycles. The standard InChI is InChI=1S/C14H9BrFN3O2/c1-18(10-4-2-3-9(5-10)8-17)13-7-12(16)11(15)6-14(13)19(20)21/h2-7H,1H3. The Morgan fingerprint density at radius 3 is 2.71 bits per heavy atom. The molecule has 0 heterocycles. The van der Waals surface area contributed by atoms with Crippen LogP contribution < -0.4 is 4.90 Å². The summed E-state index contributed by atoms with van der Waals surface area (Å²) in [5, 5.41) is 20.0. The van der Waals surface area contributed by atoms with Crippen molar-refractivity contribution in [1.29, 1.82) is 5.26 Å². The first-order valence-corrected chi connectivity index (χ1v) is 6.60. The molecule has 0 aliphatic heterocycles. The van der Waals surface area contributed by atoms with Crippen LogP contribution in [0, 0.1) is 27.3 Å². The number of hydrogen-bond acceptors (Lipinski definition) is 4. The quantitative estimate of drug-likeness (QED) is 0.616. The number of nitrogens with zero attached hydrogens (tertiary/aromatic N) is 3. The maximum atomic E-state index is 13.7. The van der Waals surface area contributed by atoms with Gasteiger partial charge in [0.1, 0.15) is 11.5 Å². The topological polar surface area (TPSA) is 70.2 Å². The van der Waals surface area contributed by atoms with E-state index in [1.165, 1.54) is 4.90 Å². The van der Waals surface area contributed by atoms with E-state index in [-0.39, 0.29) is 15.8 Å². The maximum absolute atomic E-state index is 13.7. The summed E-state index contributed by atoms with van der Waals surface area (Å²) < 4.78 is 13.7. The van der Waals surface area contributed by atoms with Crippen molar-refractivity contribution in [3.05, 3.63) is 62.4 Å². The second-order valence-corrected chi connectivity index (χ2v) is 5.09. The number of hydrogen-bond donors (Lipinski definition) is 0. The minimum atomic E-state index is -0.598. The van der Waals surface area contributed by atoms with Crippen LogP contribution in [0.3, 0.4) is 0 Å². The van der Waals surface area contributed by atoms with Crippen LogP contribution in [0.1, 0.15) is 5.56 Å². The van der Waals surface area contributed by atoms with Crippen LogP contribution in [-0.2, 0) is 0 Å². The van der Waals surface area contributed by atoms with Gasteiger partial charge in [-0.2, -0.15) is 5.26 Å². The van der Waals surface area contributed by atoms with Gasteiger partial charge in [0.2, 0.25) is 0 Å². The number of anilines is 2. The molecule has 0 bridgehead atoms. The molecule has 106 valence electrons. The molecule has 0 aromatic heterocycles. The molecule has 0 spiro atoms. The molecular formula is C14H9BrFN3O2. The molecule has 0 radical (unpaired) electrons. The average molecular weight is 350 g/mol. The van der Waals surface area contributed by atoms with Gasteiger partial charge >= 0.3 is 0 Å². The van der Waals surface area contributed by atoms with Gasteiger partial charge in [-0.1, -0.05) is 6.07 Å². The lowest BCUT2D eigenvalue weighted by atomic mass is 10.2. The largest absolute Gasteiger partial charge is 0.339 e. The van der Waals surface area contributed by atoms with Crippen LogP contribution in [0.25, 0.3) is 0 Å². The van der Waals surface area contributed by atoms with Gasteiger partial charge in [0.15, 0.2) is 0 Å². The monoisotopic (exact) mass is 349 g/mol. The van der Waals surface area contributed by atoms with Crippen molar-refractivity contribution in [3.8, 4) is 6.07 Å². The summed E-state index contributed by atoms with van der Waals surface area (Å²) in [5.41, 5.74) is 0.849. The number of nitriles is 1. The second-order valence-electron chi connectivity index (χ2n) is 4.23. The normalized spacial score (nSPS) is 10.0. The smallest absolute Gasteiger partial charge is 0.294 e. The van der Waals surface area contributed by atoms with Crippen molar-refractivity contribution in [2.45, 2.75) is 0 Å². The zero-order valence-corrected chi connectivity index (χ0v) is 12.5. The summed E-state index contributed by atoms with van der Waals surface area (Å²) in [6, 6.07) is 10.7. The van der Waals surface area contributed by atoms with E-state index in [4.69, 9.17) is 5.26 Å². The van der Waals surface area contributed by atoms with Crippen LogP contribution in [0.5, 0.6) is 0 Å². The van der Waals surface area contributed by atoms with Gasteiger partial charge in [0.05, 0.1) is 21.0 Å². The lowest BCUT2D eigenvalue weighted by molar-refractivity contribution is -0.384. The molecule has 2 rings (SSSR count). The van der Waals surface area contributed by atoms with Gasteiger partial charge in [-0.05, 0) is 34.1 Å². The molecule has 2 aromatic carbocycles. The molecule has 0 saturated heterocycles. The number of halogens is 2. The third-order valence-corrected chi connectivity index (χ3v) is 3.55. The summed E-state index contributed by atoms with van der Waals surface area (Å²) >= 11 is 2.94. The second kappa shape index (κ2) is 5.89. The SMILES string of the molecule is CN(c1cccc(C#N)c1)c1cc(F)c(Br)cc1[N+](=O)[O-]. The molecule has 21 heavy (non-hydrogen) atoms. The van der Waals surface area contributed by atoms with Gasteiger partial charge in [0.25, 0.3) is 5.69 Å². The highest BCUT2D eigenvalue weighted by atomic mass is 79.9. The molecule has 0 atom stereocenters. The summed E-state index contributed by atoms with van der Waals surface area (Å²) in [7, 11) is 1.58. The van der Waals surface area contributed by atoms with Gasteiger partial charge in [-0.15, -0.1) is 0 Å². The van der Waals surface area contributed by atoms with Crippen LogP contribution in [0.4, 0.5) is 21.5 Å². The number of rotatable bonds is 3. The first-order valence-electron chi connectivity index (χ1n) is 5.81. The van der Waals surface area contributed by atoms with E-state index in [1.54, 1.807) is 31.3 Å². The predicted molar refractivity (Wildman–Crippen MR) is 80.0 cm³/mol. The average Bonchev–Trinajstić information content (AvgIpc) is 2.48. The van der Waals surface area contributed by atoms with Gasteiger partial charge in [-0.25, -0.2) is 4.39 Å². The predicted octanol–water partition coefficient (Wildman–Crippen LogP) is 4.14. The fraction of sp³-hybridized carbons (Fsp3) is 0.0714. The van der Waals surface area contributed by atoms with Crippen molar-refractivity contribution < 1.29 is 9.31 Å². The van der Waals surface area contributed by atoms with Crippen molar-refractivity contribution in [3.63, 3.8) is 0 Å². The minimum Gasteiger partial charge on any atom is -0.339 e. The van der Waals surface area contributed by atoms with Gasteiger partial charge in [0, 0.05) is 24.9 Å². The fourth-order valence-corrected chi connectivity index (χ4v) is 2.20. The minimum absolute atomic E-state index is 0.0251. The Bertz CT molecular complexity index is 758. The van der Waals surface area contributed by atoms with E-state index in [0.29, 0.717) is 11.3 Å². The first kappa shape index (κ1) is 14.9. The van der Waals surface area contributed by atoms with Crippen molar-refractivity contribution >= 4 is 33.0 Å². The number of benzene rings is 2. The van der Waals surface area contributed by atoms with E-state index < -0.39 is 10.7 Å². The molecular weight excluding hydrogens is 341 g/mol. The van der Waals surface area contributed by atoms with Crippen LogP contribution in [0.2, 0.25) is 0 Å². The Hall–Kier alpha value is -2.46. The number of nitro groups is 1. The molecule has 0 N–H and O–H groups in total. The van der Waals surface area contributed by atoms with Crippen molar-refractivity contribution in [2.24, 2.45) is 0 Å². The van der Waals surface area contributed by atoms with Crippen molar-refractivity contribution in [1.82, 2.24) is 0 Å². The summed E-state index contributed by atoms with van der Waals surface area (Å²) in [5.74, 6) is -0.598. The van der Waals surface area contributed by atoms with Crippen molar-refractivity contribution in [2.75, 3.05) is 11.9 Å². The molecule has 7 heteroatoms. The van der Waals surface area contributed by atoms with E-state index in [1.807, 2.05) is 6.07 Å². The number of nitro benzene ring substituents is 1. The summed E-state index contributed by atoms with van der Waals surface area (Å²) in [6.07, 6.45) is 0. The first-order chi connectivity index (χ1) is 9.93. The van der Waals surface area contributed by atoms with Crippen LogP contribution in [0.15, 0.2) is 40.9 Å². The molecule has 0 amide bonds. The van der Waals surface area contributed by atoms with Crippen LogP contribution in [-0.4, -0.2) is 12.0 Å². The highest BCUT2D eigenvalue weighted by Crippen LogP contribution is 2.36. The van der Waals surface area contributed by atoms with Gasteiger partial charge in [-0.3, -0.25) is 10.1 Å². The Labute approximate surface area is 128 Å². The third-order valence-electron chi connectivity index (χ3n) is 2.94. The summed E-state index contributed by atoms with van der Waals surface area (Å²) in [4.78, 5) is 12.0. The molecule has 0 fully saturated rings. The van der Waals surface area contributed by atoms with Crippen LogP contribution >= 0.6 is 15.9 Å². The van der Waals surface area contributed by atoms with E-state index in [9.17, 15) is 14.5 Å². The highest BCUT2D eigenvalue weighted by molar-refractivity contribution is 9.10. The highest BCUT2D eigenvalue weighted by Gasteiger charge is 2.21. The molecule has 0 aliphatic carbocycles. The maximum Gasteiger partial charge on any atom is 0.294 e. The molecule has 0 aliphatic rings. The Balaban J connectivity index is 2.57. The summed E-state index contributed by atoms with van der Waals surface area (Å²) in [6.45, 7) is 0. The Morgan fingerprint density at radius 2 is 2.10 bits per heavy atom. The zero-order chi connectivity index (χ0) is 15.6. The van der Waals surface area contributed by atoms with E-state index in [0.717, 1.165) is 12.1 Å². The zero-order valence-electron chi connectivity index (χ0n) is 10.9.